The van der Waals surface area contributed by atoms with Crippen LogP contribution < -0.4 is 10.5 Å². The van der Waals surface area contributed by atoms with Gasteiger partial charge in [-0.25, -0.2) is 13.1 Å². The Labute approximate surface area is 109 Å². The second-order valence-corrected chi connectivity index (χ2v) is 6.85. The highest BCUT2D eigenvalue weighted by Gasteiger charge is 2.20. The lowest BCUT2D eigenvalue weighted by atomic mass is 9.91. The highest BCUT2D eigenvalue weighted by molar-refractivity contribution is 7.89. The average Bonchev–Trinajstić information content (AvgIpc) is 2.27. The summed E-state index contributed by atoms with van der Waals surface area (Å²) in [7, 11) is -3.45. The molecule has 0 saturated carbocycles. The van der Waals surface area contributed by atoms with Crippen LogP contribution in [0.15, 0.2) is 17.0 Å². The number of nitrogen functional groups attached to an aromatic ring is 1. The van der Waals surface area contributed by atoms with Crippen LogP contribution in [0.1, 0.15) is 37.8 Å². The van der Waals surface area contributed by atoms with E-state index in [0.717, 1.165) is 36.8 Å². The highest BCUT2D eigenvalue weighted by Crippen LogP contribution is 2.29. The van der Waals surface area contributed by atoms with Gasteiger partial charge in [0.15, 0.2) is 0 Å². The van der Waals surface area contributed by atoms with Gasteiger partial charge in [-0.05, 0) is 62.8 Å². The van der Waals surface area contributed by atoms with E-state index in [1.165, 1.54) is 0 Å². The number of hydrogen-bond acceptors (Lipinski definition) is 3. The highest BCUT2D eigenvalue weighted by atomic mass is 32.2. The van der Waals surface area contributed by atoms with Crippen LogP contribution in [0, 0.1) is 0 Å². The van der Waals surface area contributed by atoms with Gasteiger partial charge in [-0.2, -0.15) is 0 Å². The van der Waals surface area contributed by atoms with E-state index in [2.05, 4.69) is 4.72 Å². The summed E-state index contributed by atoms with van der Waals surface area (Å²) in [6, 6.07) is 3.23. The van der Waals surface area contributed by atoms with Gasteiger partial charge in [-0.15, -0.1) is 0 Å². The molecule has 1 aromatic rings. The third-order valence-corrected chi connectivity index (χ3v) is 4.81. The molecule has 0 saturated heterocycles. The molecule has 0 fully saturated rings. The smallest absolute Gasteiger partial charge is 0.240 e. The Morgan fingerprint density at radius 2 is 1.89 bits per heavy atom. The molecule has 4 nitrogen and oxygen atoms in total. The first-order valence-electron chi connectivity index (χ1n) is 6.34. The lowest BCUT2D eigenvalue weighted by molar-refractivity contribution is 0.569. The van der Waals surface area contributed by atoms with E-state index in [9.17, 15) is 8.42 Å². The molecule has 0 aromatic heterocycles. The van der Waals surface area contributed by atoms with Crippen molar-refractivity contribution in [2.45, 2.75) is 50.5 Å². The number of sulfonamides is 1. The van der Waals surface area contributed by atoms with Crippen LogP contribution in [0.3, 0.4) is 0 Å². The molecule has 0 atom stereocenters. The van der Waals surface area contributed by atoms with Crippen molar-refractivity contribution in [2.75, 3.05) is 5.73 Å². The van der Waals surface area contributed by atoms with Gasteiger partial charge in [0.1, 0.15) is 0 Å². The minimum atomic E-state index is -3.45. The minimum Gasteiger partial charge on any atom is -0.398 e. The maximum Gasteiger partial charge on any atom is 0.240 e. The van der Waals surface area contributed by atoms with Crippen LogP contribution >= 0.6 is 0 Å². The number of fused-ring (bicyclic) bond motifs is 1. The molecule has 0 bridgehead atoms. The molecule has 0 heterocycles. The van der Waals surface area contributed by atoms with Crippen LogP contribution in [0.5, 0.6) is 0 Å². The van der Waals surface area contributed by atoms with Crippen molar-refractivity contribution in [3.8, 4) is 0 Å². The first kappa shape index (κ1) is 13.4. The molecule has 2 rings (SSSR count). The summed E-state index contributed by atoms with van der Waals surface area (Å²) < 4.78 is 26.8. The Morgan fingerprint density at radius 1 is 1.22 bits per heavy atom. The largest absolute Gasteiger partial charge is 0.398 e. The number of nitrogens with two attached hydrogens (primary N) is 1. The zero-order chi connectivity index (χ0) is 13.3. The van der Waals surface area contributed by atoms with E-state index in [4.69, 9.17) is 5.73 Å². The Kier molecular flexibility index (Phi) is 3.64. The summed E-state index contributed by atoms with van der Waals surface area (Å²) in [5.41, 5.74) is 8.80. The van der Waals surface area contributed by atoms with E-state index < -0.39 is 10.0 Å². The molecular formula is C13H20N2O2S. The first-order valence-corrected chi connectivity index (χ1v) is 7.82. The molecule has 18 heavy (non-hydrogen) atoms. The Bertz CT molecular complexity index is 550. The van der Waals surface area contributed by atoms with E-state index in [0.29, 0.717) is 5.69 Å². The van der Waals surface area contributed by atoms with Crippen LogP contribution in [-0.4, -0.2) is 14.5 Å². The van der Waals surface area contributed by atoms with Crippen molar-refractivity contribution >= 4 is 15.7 Å². The fraction of sp³-hybridized carbons (Fsp3) is 0.538. The first-order chi connectivity index (χ1) is 8.40. The van der Waals surface area contributed by atoms with Crippen molar-refractivity contribution in [2.24, 2.45) is 0 Å². The normalized spacial score (nSPS) is 15.7. The molecule has 0 radical (unpaired) electrons. The molecule has 0 unspecified atom stereocenters. The number of anilines is 1. The van der Waals surface area contributed by atoms with Crippen LogP contribution in [-0.2, 0) is 22.9 Å². The van der Waals surface area contributed by atoms with Crippen LogP contribution in [0.25, 0.3) is 0 Å². The van der Waals surface area contributed by atoms with Gasteiger partial charge in [-0.1, -0.05) is 0 Å². The number of nitrogens with one attached hydrogen (secondary N) is 1. The molecule has 0 spiro atoms. The molecule has 0 aliphatic heterocycles. The second-order valence-electron chi connectivity index (χ2n) is 5.13. The molecule has 0 amide bonds. The predicted octanol–water partition coefficient (Wildman–Crippen LogP) is 1.83. The molecule has 1 aromatic carbocycles. The zero-order valence-corrected chi connectivity index (χ0v) is 11.7. The SMILES string of the molecule is CC(C)NS(=O)(=O)c1cc(N)c2c(c1)CCCC2. The van der Waals surface area contributed by atoms with E-state index >= 15 is 0 Å². The second kappa shape index (κ2) is 4.90. The topological polar surface area (TPSA) is 72.2 Å². The molecule has 100 valence electrons. The molecule has 5 heteroatoms. The molecule has 3 N–H and O–H groups in total. The number of hydrogen-bond donors (Lipinski definition) is 2. The quantitative estimate of drug-likeness (QED) is 0.822. The summed E-state index contributed by atoms with van der Waals surface area (Å²) in [4.78, 5) is 0.286. The van der Waals surface area contributed by atoms with Crippen molar-refractivity contribution in [3.05, 3.63) is 23.3 Å². The Hall–Kier alpha value is -1.07. The van der Waals surface area contributed by atoms with E-state index in [-0.39, 0.29) is 10.9 Å². The lowest BCUT2D eigenvalue weighted by Crippen LogP contribution is -2.30. The fourth-order valence-corrected chi connectivity index (χ4v) is 3.74. The van der Waals surface area contributed by atoms with Gasteiger partial charge in [0, 0.05) is 11.7 Å². The number of benzene rings is 1. The zero-order valence-electron chi connectivity index (χ0n) is 10.9. The van der Waals surface area contributed by atoms with Crippen molar-refractivity contribution < 1.29 is 8.42 Å². The minimum absolute atomic E-state index is 0.118. The predicted molar refractivity (Wildman–Crippen MR) is 73.0 cm³/mol. The third kappa shape index (κ3) is 2.67. The van der Waals surface area contributed by atoms with Crippen LogP contribution in [0.4, 0.5) is 5.69 Å². The summed E-state index contributed by atoms with van der Waals surface area (Å²) in [6.45, 7) is 3.61. The van der Waals surface area contributed by atoms with Crippen molar-refractivity contribution in [1.29, 1.82) is 0 Å². The number of rotatable bonds is 3. The average molecular weight is 268 g/mol. The monoisotopic (exact) mass is 268 g/mol. The van der Waals surface area contributed by atoms with Gasteiger partial charge >= 0.3 is 0 Å². The van der Waals surface area contributed by atoms with Gasteiger partial charge < -0.3 is 5.73 Å². The molecule has 1 aliphatic rings. The summed E-state index contributed by atoms with van der Waals surface area (Å²) in [5, 5.41) is 0. The maximum absolute atomic E-state index is 12.1. The summed E-state index contributed by atoms with van der Waals surface area (Å²) in [5.74, 6) is 0. The molecule has 1 aliphatic carbocycles. The van der Waals surface area contributed by atoms with Gasteiger partial charge in [-0.3, -0.25) is 0 Å². The van der Waals surface area contributed by atoms with E-state index in [1.54, 1.807) is 26.0 Å². The number of aryl methyl sites for hydroxylation is 1. The Balaban J connectivity index is 2.44. The Morgan fingerprint density at radius 3 is 2.56 bits per heavy atom. The summed E-state index contributed by atoms with van der Waals surface area (Å²) >= 11 is 0. The van der Waals surface area contributed by atoms with Gasteiger partial charge in [0.2, 0.25) is 10.0 Å². The van der Waals surface area contributed by atoms with Gasteiger partial charge in [0.25, 0.3) is 0 Å². The molecular weight excluding hydrogens is 248 g/mol. The summed E-state index contributed by atoms with van der Waals surface area (Å²) in [6.07, 6.45) is 4.12. The third-order valence-electron chi connectivity index (χ3n) is 3.17. The van der Waals surface area contributed by atoms with Crippen LogP contribution in [0.2, 0.25) is 0 Å². The maximum atomic E-state index is 12.1. The van der Waals surface area contributed by atoms with Crippen molar-refractivity contribution in [1.82, 2.24) is 4.72 Å². The fourth-order valence-electron chi connectivity index (χ4n) is 2.40. The lowest BCUT2D eigenvalue weighted by Gasteiger charge is -2.19. The van der Waals surface area contributed by atoms with Crippen molar-refractivity contribution in [3.63, 3.8) is 0 Å². The standard InChI is InChI=1S/C13H20N2O2S/c1-9(2)15-18(16,17)11-7-10-5-3-4-6-12(10)13(14)8-11/h7-9,15H,3-6,14H2,1-2H3. The van der Waals surface area contributed by atoms with Gasteiger partial charge in [0.05, 0.1) is 4.90 Å². The van der Waals surface area contributed by atoms with E-state index in [1.807, 2.05) is 0 Å².